The normalized spacial score (nSPS) is 12.8. The number of fused-ring (bicyclic) bond motifs is 1. The van der Waals surface area contributed by atoms with Gasteiger partial charge in [0.05, 0.1) is 0 Å². The van der Waals surface area contributed by atoms with Gasteiger partial charge in [-0.05, 0) is 36.1 Å². The monoisotopic (exact) mass is 278 g/mol. The molecule has 0 saturated heterocycles. The van der Waals surface area contributed by atoms with Gasteiger partial charge in [-0.2, -0.15) is 0 Å². The van der Waals surface area contributed by atoms with E-state index in [0.29, 0.717) is 13.0 Å². The second-order valence-electron chi connectivity index (χ2n) is 5.23. The Morgan fingerprint density at radius 2 is 2.20 bits per heavy atom. The lowest BCUT2D eigenvalue weighted by Crippen LogP contribution is -2.38. The van der Waals surface area contributed by atoms with E-state index in [2.05, 4.69) is 10.3 Å². The molecule has 0 aliphatic carbocycles. The number of carbonyl (C=O) groups excluding carboxylic acids is 1. The van der Waals surface area contributed by atoms with E-state index in [9.17, 15) is 14.3 Å². The third kappa shape index (κ3) is 3.17. The van der Waals surface area contributed by atoms with Crippen molar-refractivity contribution in [1.82, 2.24) is 10.3 Å². The van der Waals surface area contributed by atoms with Crippen molar-refractivity contribution in [3.05, 3.63) is 35.8 Å². The van der Waals surface area contributed by atoms with E-state index < -0.39 is 6.10 Å². The molecule has 2 aromatic rings. The largest absolute Gasteiger partial charge is 0.383 e. The number of halogens is 1. The maximum atomic E-state index is 13.2. The summed E-state index contributed by atoms with van der Waals surface area (Å²) in [6, 6.07) is 4.57. The van der Waals surface area contributed by atoms with Gasteiger partial charge in [-0.25, -0.2) is 4.39 Å². The molecule has 2 rings (SSSR count). The fourth-order valence-electron chi connectivity index (χ4n) is 2.09. The number of aliphatic hydroxyl groups is 1. The van der Waals surface area contributed by atoms with Gasteiger partial charge in [0, 0.05) is 23.6 Å². The van der Waals surface area contributed by atoms with Crippen LogP contribution in [0.15, 0.2) is 24.4 Å². The minimum absolute atomic E-state index is 0.114. The Bertz CT molecular complexity index is 607. The first kappa shape index (κ1) is 14.5. The van der Waals surface area contributed by atoms with Crippen LogP contribution in [-0.4, -0.2) is 28.6 Å². The highest BCUT2D eigenvalue weighted by Crippen LogP contribution is 2.19. The van der Waals surface area contributed by atoms with Crippen LogP contribution in [0.1, 0.15) is 19.4 Å². The first-order valence-corrected chi connectivity index (χ1v) is 6.70. The fraction of sp³-hybridized carbons (Fsp3) is 0.400. The highest BCUT2D eigenvalue weighted by atomic mass is 19.1. The van der Waals surface area contributed by atoms with Gasteiger partial charge in [0.15, 0.2) is 0 Å². The molecule has 5 heteroatoms. The molecule has 1 atom stereocenters. The third-order valence-electron chi connectivity index (χ3n) is 3.32. The summed E-state index contributed by atoms with van der Waals surface area (Å²) in [5.74, 6) is -0.763. The molecule has 4 nitrogen and oxygen atoms in total. The summed E-state index contributed by atoms with van der Waals surface area (Å²) in [7, 11) is 0. The zero-order valence-corrected chi connectivity index (χ0v) is 11.6. The number of H-pyrrole nitrogens is 1. The van der Waals surface area contributed by atoms with E-state index in [1.165, 1.54) is 12.1 Å². The summed E-state index contributed by atoms with van der Waals surface area (Å²) in [6.45, 7) is 3.98. The molecule has 0 bridgehead atoms. The first-order chi connectivity index (χ1) is 9.49. The minimum Gasteiger partial charge on any atom is -0.383 e. The van der Waals surface area contributed by atoms with Crippen molar-refractivity contribution in [2.24, 2.45) is 5.92 Å². The van der Waals surface area contributed by atoms with Gasteiger partial charge in [0.25, 0.3) is 0 Å². The number of aromatic nitrogens is 1. The van der Waals surface area contributed by atoms with Crippen molar-refractivity contribution in [1.29, 1.82) is 0 Å². The van der Waals surface area contributed by atoms with Gasteiger partial charge in [-0.3, -0.25) is 4.79 Å². The van der Waals surface area contributed by atoms with Crippen LogP contribution in [0.5, 0.6) is 0 Å². The van der Waals surface area contributed by atoms with E-state index in [0.717, 1.165) is 16.5 Å². The van der Waals surface area contributed by atoms with Crippen molar-refractivity contribution in [3.63, 3.8) is 0 Å². The number of amides is 1. The molecule has 108 valence electrons. The van der Waals surface area contributed by atoms with Crippen molar-refractivity contribution < 1.29 is 14.3 Å². The lowest BCUT2D eigenvalue weighted by molar-refractivity contribution is -0.131. The Balaban J connectivity index is 1.96. The molecule has 1 aromatic heterocycles. The van der Waals surface area contributed by atoms with Crippen LogP contribution in [0, 0.1) is 11.7 Å². The van der Waals surface area contributed by atoms with E-state index in [1.54, 1.807) is 19.9 Å². The Hall–Kier alpha value is -1.88. The number of nitrogens with one attached hydrogen (secondary N) is 2. The summed E-state index contributed by atoms with van der Waals surface area (Å²) >= 11 is 0. The summed E-state index contributed by atoms with van der Waals surface area (Å²) in [5, 5.41) is 13.1. The number of aliphatic hydroxyl groups excluding tert-OH is 1. The van der Waals surface area contributed by atoms with Crippen molar-refractivity contribution in [2.45, 2.75) is 26.4 Å². The van der Waals surface area contributed by atoms with Gasteiger partial charge in [-0.1, -0.05) is 13.8 Å². The second kappa shape index (κ2) is 6.05. The maximum Gasteiger partial charge on any atom is 0.249 e. The number of carbonyl (C=O) groups is 1. The third-order valence-corrected chi connectivity index (χ3v) is 3.32. The van der Waals surface area contributed by atoms with Gasteiger partial charge in [-0.15, -0.1) is 0 Å². The van der Waals surface area contributed by atoms with Gasteiger partial charge in [0.2, 0.25) is 5.91 Å². The Morgan fingerprint density at radius 3 is 2.90 bits per heavy atom. The summed E-state index contributed by atoms with van der Waals surface area (Å²) in [6.07, 6.45) is 1.41. The average molecular weight is 278 g/mol. The standard InChI is InChI=1S/C15H19FN2O2/c1-9(2)14(19)15(20)17-6-5-10-8-18-13-4-3-11(16)7-12(10)13/h3-4,7-9,14,18-19H,5-6H2,1-2H3,(H,17,20)/t14-/m0/s1. The molecule has 3 N–H and O–H groups in total. The quantitative estimate of drug-likeness (QED) is 0.783. The highest BCUT2D eigenvalue weighted by molar-refractivity contribution is 5.83. The number of benzene rings is 1. The topological polar surface area (TPSA) is 65.1 Å². The molecule has 0 spiro atoms. The molecule has 0 aliphatic rings. The zero-order valence-electron chi connectivity index (χ0n) is 11.6. The van der Waals surface area contributed by atoms with E-state index >= 15 is 0 Å². The molecule has 0 aliphatic heterocycles. The van der Waals surface area contributed by atoms with Gasteiger partial charge >= 0.3 is 0 Å². The maximum absolute atomic E-state index is 13.2. The predicted molar refractivity (Wildman–Crippen MR) is 75.8 cm³/mol. The Morgan fingerprint density at radius 1 is 1.45 bits per heavy atom. The summed E-state index contributed by atoms with van der Waals surface area (Å²) in [5.41, 5.74) is 1.81. The molecule has 1 heterocycles. The Kier molecular flexibility index (Phi) is 4.39. The van der Waals surface area contributed by atoms with Crippen LogP contribution in [0.3, 0.4) is 0 Å². The van der Waals surface area contributed by atoms with Crippen molar-refractivity contribution in [2.75, 3.05) is 6.54 Å². The van der Waals surface area contributed by atoms with E-state index in [-0.39, 0.29) is 17.6 Å². The molecule has 20 heavy (non-hydrogen) atoms. The SMILES string of the molecule is CC(C)[C@H](O)C(=O)NCCc1c[nH]c2ccc(F)cc12. The summed E-state index contributed by atoms with van der Waals surface area (Å²) in [4.78, 5) is 14.7. The van der Waals surface area contributed by atoms with Gasteiger partial charge in [0.1, 0.15) is 11.9 Å². The lowest BCUT2D eigenvalue weighted by atomic mass is 10.1. The molecule has 0 saturated carbocycles. The second-order valence-corrected chi connectivity index (χ2v) is 5.23. The summed E-state index contributed by atoms with van der Waals surface area (Å²) < 4.78 is 13.2. The zero-order chi connectivity index (χ0) is 14.7. The van der Waals surface area contributed by atoms with Crippen LogP contribution >= 0.6 is 0 Å². The smallest absolute Gasteiger partial charge is 0.249 e. The molecule has 0 unspecified atom stereocenters. The average Bonchev–Trinajstić information content (AvgIpc) is 2.80. The molecule has 0 fully saturated rings. The lowest BCUT2D eigenvalue weighted by Gasteiger charge is -2.14. The molecule has 1 amide bonds. The van der Waals surface area contributed by atoms with Gasteiger partial charge < -0.3 is 15.4 Å². The molecule has 0 radical (unpaired) electrons. The molecule has 1 aromatic carbocycles. The van der Waals surface area contributed by atoms with Crippen LogP contribution in [0.25, 0.3) is 10.9 Å². The highest BCUT2D eigenvalue weighted by Gasteiger charge is 2.18. The van der Waals surface area contributed by atoms with Crippen LogP contribution in [0.4, 0.5) is 4.39 Å². The fourth-order valence-corrected chi connectivity index (χ4v) is 2.09. The Labute approximate surface area is 117 Å². The number of hydrogen-bond donors (Lipinski definition) is 3. The first-order valence-electron chi connectivity index (χ1n) is 6.70. The van der Waals surface area contributed by atoms with Crippen LogP contribution < -0.4 is 5.32 Å². The molecular formula is C15H19FN2O2. The predicted octanol–water partition coefficient (Wildman–Crippen LogP) is 1.98. The van der Waals surface area contributed by atoms with E-state index in [4.69, 9.17) is 0 Å². The van der Waals surface area contributed by atoms with E-state index in [1.807, 2.05) is 6.20 Å². The minimum atomic E-state index is -0.990. The van der Waals surface area contributed by atoms with Crippen LogP contribution in [0.2, 0.25) is 0 Å². The number of rotatable bonds is 5. The molecular weight excluding hydrogens is 259 g/mol. The van der Waals surface area contributed by atoms with Crippen molar-refractivity contribution >= 4 is 16.8 Å². The number of hydrogen-bond acceptors (Lipinski definition) is 2. The van der Waals surface area contributed by atoms with Crippen LogP contribution in [-0.2, 0) is 11.2 Å². The van der Waals surface area contributed by atoms with Crippen molar-refractivity contribution in [3.8, 4) is 0 Å². The number of aromatic amines is 1.